The van der Waals surface area contributed by atoms with Crippen LogP contribution in [0.3, 0.4) is 0 Å². The molecule has 0 aliphatic carbocycles. The number of H-pyrrole nitrogens is 1. The second-order valence-electron chi connectivity index (χ2n) is 5.54. The number of hydrogen-bond acceptors (Lipinski definition) is 4. The SMILES string of the molecule is O=C(O)CCCN(Cc1ccccc1)C(=O)Cn1ccc(=O)[nH]c1=O. The van der Waals surface area contributed by atoms with Gasteiger partial charge in [0.2, 0.25) is 5.91 Å². The van der Waals surface area contributed by atoms with E-state index in [0.29, 0.717) is 13.0 Å². The number of amides is 1. The summed E-state index contributed by atoms with van der Waals surface area (Å²) in [6.07, 6.45) is 1.53. The van der Waals surface area contributed by atoms with Gasteiger partial charge < -0.3 is 10.0 Å². The molecule has 0 atom stereocenters. The number of carboxylic acids is 1. The van der Waals surface area contributed by atoms with Crippen LogP contribution in [0.15, 0.2) is 52.2 Å². The van der Waals surface area contributed by atoms with E-state index in [1.807, 2.05) is 30.3 Å². The average molecular weight is 345 g/mol. The second-order valence-corrected chi connectivity index (χ2v) is 5.54. The zero-order chi connectivity index (χ0) is 18.2. The minimum absolute atomic E-state index is 0.0445. The Bertz CT molecular complexity index is 841. The highest BCUT2D eigenvalue weighted by Gasteiger charge is 2.15. The van der Waals surface area contributed by atoms with Gasteiger partial charge in [-0.05, 0) is 12.0 Å². The second kappa shape index (κ2) is 8.62. The molecule has 25 heavy (non-hydrogen) atoms. The van der Waals surface area contributed by atoms with Crippen molar-refractivity contribution in [2.75, 3.05) is 6.54 Å². The molecule has 1 heterocycles. The molecule has 0 aliphatic heterocycles. The molecule has 2 rings (SSSR count). The average Bonchev–Trinajstić information content (AvgIpc) is 2.57. The highest BCUT2D eigenvalue weighted by Crippen LogP contribution is 2.07. The maximum Gasteiger partial charge on any atom is 0.328 e. The molecular weight excluding hydrogens is 326 g/mol. The fourth-order valence-electron chi connectivity index (χ4n) is 2.33. The molecule has 0 spiro atoms. The minimum Gasteiger partial charge on any atom is -0.481 e. The summed E-state index contributed by atoms with van der Waals surface area (Å²) < 4.78 is 1.11. The quantitative estimate of drug-likeness (QED) is 0.720. The summed E-state index contributed by atoms with van der Waals surface area (Å²) in [5, 5.41) is 8.77. The van der Waals surface area contributed by atoms with E-state index in [-0.39, 0.29) is 25.4 Å². The van der Waals surface area contributed by atoms with E-state index >= 15 is 0 Å². The predicted octanol–water partition coefficient (Wildman–Crippen LogP) is 0.430. The molecule has 1 aromatic carbocycles. The van der Waals surface area contributed by atoms with Crippen LogP contribution < -0.4 is 11.2 Å². The number of carbonyl (C=O) groups excluding carboxylic acids is 1. The number of hydrogen-bond donors (Lipinski definition) is 2. The number of nitrogens with zero attached hydrogens (tertiary/aromatic N) is 2. The standard InChI is InChI=1S/C17H19N3O5/c21-14-8-10-20(17(25)18-14)12-15(22)19(9-4-7-16(23)24)11-13-5-2-1-3-6-13/h1-3,5-6,8,10H,4,7,9,11-12H2,(H,23,24)(H,18,21,25). The Hall–Kier alpha value is -3.16. The lowest BCUT2D eigenvalue weighted by Crippen LogP contribution is -2.38. The van der Waals surface area contributed by atoms with E-state index < -0.39 is 17.2 Å². The molecule has 0 aliphatic rings. The Morgan fingerprint density at radius 1 is 1.12 bits per heavy atom. The molecule has 8 nitrogen and oxygen atoms in total. The first-order valence-corrected chi connectivity index (χ1v) is 7.79. The summed E-state index contributed by atoms with van der Waals surface area (Å²) in [6, 6.07) is 10.5. The lowest BCUT2D eigenvalue weighted by Gasteiger charge is -2.23. The van der Waals surface area contributed by atoms with Crippen LogP contribution in [0.2, 0.25) is 0 Å². The van der Waals surface area contributed by atoms with Gasteiger partial charge in [0.1, 0.15) is 6.54 Å². The first-order chi connectivity index (χ1) is 12.0. The largest absolute Gasteiger partial charge is 0.481 e. The maximum absolute atomic E-state index is 12.6. The van der Waals surface area contributed by atoms with Crippen molar-refractivity contribution in [3.05, 3.63) is 69.0 Å². The topological polar surface area (TPSA) is 112 Å². The Kier molecular flexibility index (Phi) is 6.27. The van der Waals surface area contributed by atoms with Gasteiger partial charge in [-0.25, -0.2) is 4.79 Å². The van der Waals surface area contributed by atoms with Crippen molar-refractivity contribution in [2.24, 2.45) is 0 Å². The Morgan fingerprint density at radius 2 is 1.84 bits per heavy atom. The van der Waals surface area contributed by atoms with Crippen molar-refractivity contribution < 1.29 is 14.7 Å². The molecule has 132 valence electrons. The van der Waals surface area contributed by atoms with Gasteiger partial charge >= 0.3 is 11.7 Å². The van der Waals surface area contributed by atoms with Crippen LogP contribution in [0.25, 0.3) is 0 Å². The van der Waals surface area contributed by atoms with Gasteiger partial charge in [0, 0.05) is 31.8 Å². The summed E-state index contributed by atoms with van der Waals surface area (Å²) in [5.41, 5.74) is -0.290. The third-order valence-corrected chi connectivity index (χ3v) is 3.59. The smallest absolute Gasteiger partial charge is 0.328 e. The summed E-state index contributed by atoms with van der Waals surface area (Å²) in [5.74, 6) is -1.26. The molecule has 0 bridgehead atoms. The molecule has 0 radical (unpaired) electrons. The van der Waals surface area contributed by atoms with E-state index in [1.54, 1.807) is 0 Å². The highest BCUT2D eigenvalue weighted by atomic mass is 16.4. The van der Waals surface area contributed by atoms with Gasteiger partial charge in [-0.3, -0.25) is 23.9 Å². The molecule has 2 N–H and O–H groups in total. The molecule has 8 heteroatoms. The highest BCUT2D eigenvalue weighted by molar-refractivity contribution is 5.76. The number of aromatic nitrogens is 2. The van der Waals surface area contributed by atoms with Crippen LogP contribution in [0.5, 0.6) is 0 Å². The van der Waals surface area contributed by atoms with Crippen molar-refractivity contribution in [3.8, 4) is 0 Å². The molecule has 0 saturated heterocycles. The predicted molar refractivity (Wildman–Crippen MR) is 90.1 cm³/mol. The first kappa shape index (κ1) is 18.2. The lowest BCUT2D eigenvalue weighted by molar-refractivity contribution is -0.138. The molecule has 2 aromatic rings. The normalized spacial score (nSPS) is 10.4. The fraction of sp³-hybridized carbons (Fsp3) is 0.294. The lowest BCUT2D eigenvalue weighted by atomic mass is 10.2. The van der Waals surface area contributed by atoms with Gasteiger partial charge in [0.05, 0.1) is 0 Å². The summed E-state index contributed by atoms with van der Waals surface area (Å²) >= 11 is 0. The number of benzene rings is 1. The van der Waals surface area contributed by atoms with Gasteiger partial charge in [0.25, 0.3) is 5.56 Å². The summed E-state index contributed by atoms with van der Waals surface area (Å²) in [6.45, 7) is 0.352. The number of rotatable bonds is 8. The minimum atomic E-state index is -0.927. The maximum atomic E-state index is 12.6. The van der Waals surface area contributed by atoms with Gasteiger partial charge in [0.15, 0.2) is 0 Å². The van der Waals surface area contributed by atoms with E-state index in [9.17, 15) is 19.2 Å². The fourth-order valence-corrected chi connectivity index (χ4v) is 2.33. The van der Waals surface area contributed by atoms with E-state index in [0.717, 1.165) is 10.1 Å². The zero-order valence-corrected chi connectivity index (χ0v) is 13.6. The number of nitrogens with one attached hydrogen (secondary N) is 1. The number of carboxylic acid groups (broad SMARTS) is 1. The first-order valence-electron chi connectivity index (χ1n) is 7.79. The van der Waals surface area contributed by atoms with Crippen molar-refractivity contribution in [3.63, 3.8) is 0 Å². The number of aliphatic carboxylic acids is 1. The third kappa shape index (κ3) is 5.76. The van der Waals surface area contributed by atoms with Crippen molar-refractivity contribution in [2.45, 2.75) is 25.9 Å². The summed E-state index contributed by atoms with van der Waals surface area (Å²) in [4.78, 5) is 49.7. The van der Waals surface area contributed by atoms with Crippen LogP contribution in [0.1, 0.15) is 18.4 Å². The summed E-state index contributed by atoms with van der Waals surface area (Å²) in [7, 11) is 0. The van der Waals surface area contributed by atoms with Crippen LogP contribution in [-0.2, 0) is 22.7 Å². The monoisotopic (exact) mass is 345 g/mol. The van der Waals surface area contributed by atoms with E-state index in [4.69, 9.17) is 5.11 Å². The Morgan fingerprint density at radius 3 is 2.48 bits per heavy atom. The van der Waals surface area contributed by atoms with Gasteiger partial charge in [-0.2, -0.15) is 0 Å². The van der Waals surface area contributed by atoms with Crippen LogP contribution >= 0.6 is 0 Å². The van der Waals surface area contributed by atoms with Crippen LogP contribution in [0, 0.1) is 0 Å². The molecule has 0 saturated carbocycles. The van der Waals surface area contributed by atoms with Crippen molar-refractivity contribution in [1.82, 2.24) is 14.5 Å². The van der Waals surface area contributed by atoms with Crippen LogP contribution in [-0.4, -0.2) is 38.0 Å². The Labute approximate surface area is 143 Å². The van der Waals surface area contributed by atoms with E-state index in [2.05, 4.69) is 4.98 Å². The van der Waals surface area contributed by atoms with Crippen molar-refractivity contribution >= 4 is 11.9 Å². The third-order valence-electron chi connectivity index (χ3n) is 3.59. The van der Waals surface area contributed by atoms with Gasteiger partial charge in [-0.15, -0.1) is 0 Å². The van der Waals surface area contributed by atoms with E-state index in [1.165, 1.54) is 17.2 Å². The van der Waals surface area contributed by atoms with Crippen molar-refractivity contribution in [1.29, 1.82) is 0 Å². The molecular formula is C17H19N3O5. The van der Waals surface area contributed by atoms with Gasteiger partial charge in [-0.1, -0.05) is 30.3 Å². The molecule has 1 aromatic heterocycles. The van der Waals surface area contributed by atoms with Crippen LogP contribution in [0.4, 0.5) is 0 Å². The zero-order valence-electron chi connectivity index (χ0n) is 13.6. The molecule has 0 fully saturated rings. The number of carbonyl (C=O) groups is 2. The molecule has 0 unspecified atom stereocenters. The molecule has 1 amide bonds. The number of aromatic amines is 1. The Balaban J connectivity index is 2.11.